The highest BCUT2D eigenvalue weighted by Gasteiger charge is 2.38. The first-order valence-corrected chi connectivity index (χ1v) is 9.62. The summed E-state index contributed by atoms with van der Waals surface area (Å²) in [4.78, 5) is 10.3. The summed E-state index contributed by atoms with van der Waals surface area (Å²) in [6, 6.07) is 3.65. The van der Waals surface area contributed by atoms with Gasteiger partial charge in [-0.25, -0.2) is 13.8 Å². The number of alkyl halides is 3. The Morgan fingerprint density at radius 1 is 1.12 bits per heavy atom. The second-order valence-electron chi connectivity index (χ2n) is 7.32. The van der Waals surface area contributed by atoms with Crippen molar-refractivity contribution in [2.45, 2.75) is 6.18 Å². The van der Waals surface area contributed by atoms with E-state index in [0.717, 1.165) is 0 Å². The van der Waals surface area contributed by atoms with Gasteiger partial charge in [0.1, 0.15) is 29.6 Å². The van der Waals surface area contributed by atoms with E-state index >= 15 is 0 Å². The van der Waals surface area contributed by atoms with Gasteiger partial charge in [-0.15, -0.1) is 0 Å². The molecule has 0 radical (unpaired) electrons. The fourth-order valence-electron chi connectivity index (χ4n) is 3.79. The molecule has 0 aliphatic carbocycles. The van der Waals surface area contributed by atoms with Gasteiger partial charge in [0.15, 0.2) is 17.4 Å². The number of nitrogens with zero attached hydrogens (tertiary/aromatic N) is 5. The van der Waals surface area contributed by atoms with Crippen LogP contribution >= 0.6 is 0 Å². The number of ether oxygens (including phenoxy) is 1. The van der Waals surface area contributed by atoms with Gasteiger partial charge in [-0.05, 0) is 6.07 Å². The molecule has 0 fully saturated rings. The van der Waals surface area contributed by atoms with Crippen molar-refractivity contribution in [2.24, 2.45) is 7.05 Å². The van der Waals surface area contributed by atoms with Crippen molar-refractivity contribution in [3.05, 3.63) is 54.0 Å². The molecule has 5 rings (SSSR count). The highest BCUT2D eigenvalue weighted by atomic mass is 19.4. The van der Waals surface area contributed by atoms with Crippen LogP contribution in [0, 0.1) is 11.6 Å². The van der Waals surface area contributed by atoms with E-state index in [0.29, 0.717) is 42.0 Å². The van der Waals surface area contributed by atoms with E-state index in [1.54, 1.807) is 24.5 Å². The topological polar surface area (TPSA) is 76.3 Å². The maximum absolute atomic E-state index is 14.6. The average molecular weight is 463 g/mol. The molecule has 4 aromatic rings. The number of phenolic OH excluding ortho intramolecular Hbond substituents is 1. The van der Waals surface area contributed by atoms with Crippen LogP contribution in [-0.4, -0.2) is 38.0 Å². The Labute approximate surface area is 182 Å². The van der Waals surface area contributed by atoms with Crippen molar-refractivity contribution >= 4 is 22.4 Å². The number of aromatic hydroxyl groups is 1. The molecular formula is C21H14F5N5O2. The highest BCUT2D eigenvalue weighted by Crippen LogP contribution is 2.42. The van der Waals surface area contributed by atoms with Crippen molar-refractivity contribution in [1.82, 2.24) is 19.7 Å². The summed E-state index contributed by atoms with van der Waals surface area (Å²) in [6.45, 7) is 0.866. The summed E-state index contributed by atoms with van der Waals surface area (Å²) in [5, 5.41) is 14.0. The van der Waals surface area contributed by atoms with Crippen molar-refractivity contribution in [3.63, 3.8) is 0 Å². The van der Waals surface area contributed by atoms with E-state index in [-0.39, 0.29) is 11.1 Å². The summed E-state index contributed by atoms with van der Waals surface area (Å²) in [7, 11) is 1.52. The van der Waals surface area contributed by atoms with Gasteiger partial charge in [-0.1, -0.05) is 0 Å². The predicted octanol–water partition coefficient (Wildman–Crippen LogP) is 4.56. The van der Waals surface area contributed by atoms with Gasteiger partial charge in [0.2, 0.25) is 0 Å². The smallest absolute Gasteiger partial charge is 0.419 e. The molecule has 3 aromatic heterocycles. The monoisotopic (exact) mass is 463 g/mol. The summed E-state index contributed by atoms with van der Waals surface area (Å²) >= 11 is 0. The molecule has 1 aliphatic rings. The van der Waals surface area contributed by atoms with E-state index < -0.39 is 34.7 Å². The zero-order chi connectivity index (χ0) is 23.5. The number of halogens is 5. The number of rotatable bonds is 2. The van der Waals surface area contributed by atoms with Gasteiger partial charge in [0, 0.05) is 42.5 Å². The molecular weight excluding hydrogens is 449 g/mol. The van der Waals surface area contributed by atoms with Crippen LogP contribution in [0.2, 0.25) is 0 Å². The van der Waals surface area contributed by atoms with Gasteiger partial charge >= 0.3 is 6.18 Å². The number of phenols is 1. The second-order valence-corrected chi connectivity index (χ2v) is 7.32. The molecule has 7 nitrogen and oxygen atoms in total. The van der Waals surface area contributed by atoms with Crippen LogP contribution < -0.4 is 9.64 Å². The Bertz CT molecular complexity index is 1400. The lowest BCUT2D eigenvalue weighted by molar-refractivity contribution is -0.140. The number of anilines is 2. The zero-order valence-corrected chi connectivity index (χ0v) is 16.9. The second kappa shape index (κ2) is 7.29. The van der Waals surface area contributed by atoms with Crippen LogP contribution in [0.25, 0.3) is 22.2 Å². The standard InChI is InChI=1S/C21H14F5N5O2/c1-30-13-7-16(31-4-5-33-15-2-3-27-9-14(15)31)28-8-11(13)19(29-30)10-6-12(21(24,25)26)18(23)20(32)17(10)22/h2-3,6-9,32H,4-5H2,1H3. The Morgan fingerprint density at radius 3 is 2.67 bits per heavy atom. The van der Waals surface area contributed by atoms with Crippen LogP contribution in [0.5, 0.6) is 11.5 Å². The quantitative estimate of drug-likeness (QED) is 0.439. The van der Waals surface area contributed by atoms with Gasteiger partial charge in [0.25, 0.3) is 0 Å². The predicted molar refractivity (Wildman–Crippen MR) is 107 cm³/mol. The maximum atomic E-state index is 14.6. The molecule has 170 valence electrons. The average Bonchev–Trinajstić information content (AvgIpc) is 3.12. The number of aryl methyl sites for hydroxylation is 1. The van der Waals surface area contributed by atoms with Crippen molar-refractivity contribution in [1.29, 1.82) is 0 Å². The summed E-state index contributed by atoms with van der Waals surface area (Å²) in [5.74, 6) is -4.23. The van der Waals surface area contributed by atoms with E-state index in [1.807, 2.05) is 4.90 Å². The molecule has 33 heavy (non-hydrogen) atoms. The molecule has 0 bridgehead atoms. The third kappa shape index (κ3) is 3.29. The van der Waals surface area contributed by atoms with Gasteiger partial charge in [-0.3, -0.25) is 9.67 Å². The molecule has 1 aromatic carbocycles. The minimum absolute atomic E-state index is 0.214. The molecule has 1 N–H and O–H groups in total. The number of aromatic nitrogens is 4. The maximum Gasteiger partial charge on any atom is 0.419 e. The van der Waals surface area contributed by atoms with Crippen molar-refractivity contribution < 1.29 is 31.8 Å². The SMILES string of the molecule is Cn1nc(-c2cc(C(F)(F)F)c(F)c(O)c2F)c2cnc(N3CCOc4ccncc43)cc21. The molecule has 0 saturated heterocycles. The molecule has 0 saturated carbocycles. The van der Waals surface area contributed by atoms with E-state index in [4.69, 9.17) is 4.74 Å². The molecule has 12 heteroatoms. The largest absolute Gasteiger partial charge is 0.503 e. The zero-order valence-electron chi connectivity index (χ0n) is 16.9. The Morgan fingerprint density at radius 2 is 1.91 bits per heavy atom. The Balaban J connectivity index is 1.66. The first-order chi connectivity index (χ1) is 15.7. The van der Waals surface area contributed by atoms with Gasteiger partial charge in [-0.2, -0.15) is 18.3 Å². The van der Waals surface area contributed by atoms with Gasteiger partial charge < -0.3 is 14.7 Å². The highest BCUT2D eigenvalue weighted by molar-refractivity contribution is 5.95. The summed E-state index contributed by atoms with van der Waals surface area (Å²) < 4.78 is 75.1. The Hall–Kier alpha value is -3.96. The number of fused-ring (bicyclic) bond motifs is 2. The Kier molecular flexibility index (Phi) is 4.62. The molecule has 0 spiro atoms. The fraction of sp³-hybridized carbons (Fsp3) is 0.190. The molecule has 0 amide bonds. The first-order valence-electron chi connectivity index (χ1n) is 9.62. The number of benzene rings is 1. The molecule has 1 aliphatic heterocycles. The number of hydrogen-bond acceptors (Lipinski definition) is 6. The van der Waals surface area contributed by atoms with Crippen LogP contribution in [0.4, 0.5) is 33.5 Å². The summed E-state index contributed by atoms with van der Waals surface area (Å²) in [6.07, 6.45) is -0.595. The van der Waals surface area contributed by atoms with E-state index in [1.165, 1.54) is 17.9 Å². The molecule has 4 heterocycles. The lowest BCUT2D eigenvalue weighted by Gasteiger charge is -2.29. The van der Waals surface area contributed by atoms with E-state index in [9.17, 15) is 27.1 Å². The van der Waals surface area contributed by atoms with Crippen LogP contribution in [0.3, 0.4) is 0 Å². The van der Waals surface area contributed by atoms with Crippen molar-refractivity contribution in [2.75, 3.05) is 18.1 Å². The third-order valence-electron chi connectivity index (χ3n) is 5.36. The van der Waals surface area contributed by atoms with E-state index in [2.05, 4.69) is 15.1 Å². The molecule has 0 atom stereocenters. The van der Waals surface area contributed by atoms with Crippen molar-refractivity contribution in [3.8, 4) is 22.8 Å². The number of hydrogen-bond donors (Lipinski definition) is 1. The summed E-state index contributed by atoms with van der Waals surface area (Å²) in [5.41, 5.74) is -1.58. The fourth-order valence-corrected chi connectivity index (χ4v) is 3.79. The molecule has 0 unspecified atom stereocenters. The number of pyridine rings is 2. The lowest BCUT2D eigenvalue weighted by atomic mass is 10.0. The normalized spacial score (nSPS) is 13.8. The minimum atomic E-state index is -5.14. The van der Waals surface area contributed by atoms with Gasteiger partial charge in [0.05, 0.1) is 23.8 Å². The van der Waals surface area contributed by atoms with Crippen LogP contribution in [-0.2, 0) is 13.2 Å². The van der Waals surface area contributed by atoms with Crippen LogP contribution in [0.15, 0.2) is 36.8 Å². The minimum Gasteiger partial charge on any atom is -0.503 e. The first kappa shape index (κ1) is 20.9. The van der Waals surface area contributed by atoms with Crippen LogP contribution in [0.1, 0.15) is 5.56 Å². The lowest BCUT2D eigenvalue weighted by Crippen LogP contribution is -2.29. The third-order valence-corrected chi connectivity index (χ3v) is 5.36.